The van der Waals surface area contributed by atoms with Gasteiger partial charge >= 0.3 is 0 Å². The SMILES string of the molecule is CC(C)(C)c1ccc([Si]2(c3ccnc(-n4c5[c-]c(Oc6[c-]c(N7[CH-]N(c8c(-c9ccccc9)cc(C(C)(C)C)cc8-c8ccccc8)c8ccccc87)cc(C(C)(C)C)c6)ccc5c5ccccc54)c3)c3ccccc3-c3ccccc32)cc1.[Pt]. The molecule has 10 aromatic carbocycles. The van der Waals surface area contributed by atoms with Gasteiger partial charge in [0.05, 0.1) is 0 Å². The van der Waals surface area contributed by atoms with Gasteiger partial charge in [-0.1, -0.05) is 232 Å². The summed E-state index contributed by atoms with van der Waals surface area (Å²) in [5, 5.41) is 7.63. The van der Waals surface area contributed by atoms with E-state index in [0.717, 1.165) is 78.2 Å². The molecule has 0 fully saturated rings. The number of hydrogen-bond donors (Lipinski definition) is 0. The Kier molecular flexibility index (Phi) is 13.9. The number of fused-ring (bicyclic) bond motifs is 7. The van der Waals surface area contributed by atoms with E-state index in [1.54, 1.807) is 0 Å². The average molecular weight is 1300 g/mol. The molecule has 0 bridgehead atoms. The molecular weight excluding hydrogens is 1230 g/mol. The van der Waals surface area contributed by atoms with Gasteiger partial charge in [-0.05, 0) is 118 Å². The summed E-state index contributed by atoms with van der Waals surface area (Å²) < 4.78 is 9.39. The Bertz CT molecular complexity index is 4400. The van der Waals surface area contributed by atoms with Gasteiger partial charge in [0.1, 0.15) is 5.82 Å². The van der Waals surface area contributed by atoms with Crippen molar-refractivity contribution in [1.29, 1.82) is 0 Å². The van der Waals surface area contributed by atoms with Crippen LogP contribution in [-0.4, -0.2) is 17.6 Å². The van der Waals surface area contributed by atoms with E-state index in [9.17, 15) is 0 Å². The summed E-state index contributed by atoms with van der Waals surface area (Å²) in [6, 6.07) is 92.3. The topological polar surface area (TPSA) is 33.5 Å². The van der Waals surface area contributed by atoms with Gasteiger partial charge in [-0.25, -0.2) is 4.98 Å². The number of para-hydroxylation sites is 3. The van der Waals surface area contributed by atoms with E-state index in [-0.39, 0.29) is 37.3 Å². The van der Waals surface area contributed by atoms with Crippen molar-refractivity contribution < 1.29 is 25.8 Å². The van der Waals surface area contributed by atoms with Crippen LogP contribution >= 0.6 is 0 Å². The number of pyridine rings is 1. The maximum atomic E-state index is 7.11. The molecule has 2 aliphatic rings. The van der Waals surface area contributed by atoms with Gasteiger partial charge < -0.3 is 19.1 Å². The Morgan fingerprint density at radius 3 is 1.59 bits per heavy atom. The molecule has 2 aromatic heterocycles. The van der Waals surface area contributed by atoms with Gasteiger partial charge in [0.15, 0.2) is 8.07 Å². The van der Waals surface area contributed by atoms with Gasteiger partial charge in [0.25, 0.3) is 0 Å². The van der Waals surface area contributed by atoms with Crippen molar-refractivity contribution in [3.8, 4) is 50.7 Å². The predicted molar refractivity (Wildman–Crippen MR) is 354 cm³/mol. The van der Waals surface area contributed by atoms with E-state index < -0.39 is 8.07 Å². The summed E-state index contributed by atoms with van der Waals surface area (Å²) in [6.07, 6.45) is 2.02. The zero-order chi connectivity index (χ0) is 57.7. The summed E-state index contributed by atoms with van der Waals surface area (Å²) in [6.45, 7) is 22.8. The molecular formula is C78H67N4OPtSi-3. The van der Waals surface area contributed by atoms with Gasteiger partial charge in [-0.15, -0.1) is 53.6 Å². The second-order valence-corrected chi connectivity index (χ2v) is 29.5. The number of nitrogens with zero attached hydrogens (tertiary/aromatic N) is 4. The first-order valence-electron chi connectivity index (χ1n) is 29.3. The van der Waals surface area contributed by atoms with Crippen LogP contribution in [0.1, 0.15) is 79.0 Å². The Balaban J connectivity index is 0.00000672. The van der Waals surface area contributed by atoms with Crippen molar-refractivity contribution in [2.45, 2.75) is 78.6 Å². The van der Waals surface area contributed by atoms with E-state index in [4.69, 9.17) is 9.72 Å². The van der Waals surface area contributed by atoms with E-state index >= 15 is 0 Å². The molecule has 85 heavy (non-hydrogen) atoms. The quantitative estimate of drug-likeness (QED) is 0.107. The molecule has 0 spiro atoms. The summed E-state index contributed by atoms with van der Waals surface area (Å²) in [5.41, 5.74) is 16.7. The second kappa shape index (κ2) is 21.2. The van der Waals surface area contributed by atoms with Gasteiger partial charge in [0.2, 0.25) is 0 Å². The first-order valence-corrected chi connectivity index (χ1v) is 31.3. The van der Waals surface area contributed by atoms with Crippen molar-refractivity contribution >= 4 is 73.4 Å². The summed E-state index contributed by atoms with van der Waals surface area (Å²) in [7, 11) is -2.88. The maximum absolute atomic E-state index is 7.11. The zero-order valence-corrected chi connectivity index (χ0v) is 52.9. The van der Waals surface area contributed by atoms with Crippen molar-refractivity contribution in [1.82, 2.24) is 9.55 Å². The number of anilines is 4. The van der Waals surface area contributed by atoms with Crippen LogP contribution in [0.5, 0.6) is 11.5 Å². The molecule has 2 aliphatic heterocycles. The minimum absolute atomic E-state index is 0. The normalized spacial score (nSPS) is 13.6. The van der Waals surface area contributed by atoms with Gasteiger partial charge in [-0.2, -0.15) is 6.07 Å². The minimum Gasteiger partial charge on any atom is -0.509 e. The molecule has 0 unspecified atom stereocenters. The molecule has 422 valence electrons. The van der Waals surface area contributed by atoms with Crippen molar-refractivity contribution in [3.05, 3.63) is 272 Å². The van der Waals surface area contributed by atoms with Gasteiger partial charge in [0, 0.05) is 72.5 Å². The molecule has 0 N–H and O–H groups in total. The van der Waals surface area contributed by atoms with Crippen LogP contribution in [0, 0.1) is 18.8 Å². The van der Waals surface area contributed by atoms with Crippen LogP contribution in [0.15, 0.2) is 237 Å². The van der Waals surface area contributed by atoms with Crippen LogP contribution in [0.3, 0.4) is 0 Å². The standard InChI is InChI=1S/C78H67N4OSi.Pt/c1-76(2,3)54-36-39-60(40-37-54)84(72-34-22-17-29-64(72)65-30-18-23-35-73(65)84)61-42-43-79-74(50-61)82-68-31-19-16-28-62(68)63-41-38-58(49-71(63)82)83-59-45-55(77(4,5)6)44-57(48-59)80-51-81(70-33-21-20-32-69(70)80)75-66(52-24-12-10-13-25-52)46-56(78(7,8)9)47-67(75)53-26-14-11-15-27-53;/h10-47,50-51H,1-9H3;/q-3;. The van der Waals surface area contributed by atoms with E-state index in [1.165, 1.54) is 43.0 Å². The average Bonchev–Trinajstić information content (AvgIpc) is 1.74. The number of aromatic nitrogens is 2. The Morgan fingerprint density at radius 1 is 0.435 bits per heavy atom. The fourth-order valence-corrected chi connectivity index (χ4v) is 18.1. The third-order valence-corrected chi connectivity index (χ3v) is 22.2. The number of hydrogen-bond acceptors (Lipinski definition) is 4. The first kappa shape index (κ1) is 55.6. The van der Waals surface area contributed by atoms with E-state index in [0.29, 0.717) is 11.5 Å². The zero-order valence-electron chi connectivity index (χ0n) is 49.6. The summed E-state index contributed by atoms with van der Waals surface area (Å²) >= 11 is 0. The van der Waals surface area contributed by atoms with Crippen LogP contribution in [-0.2, 0) is 37.3 Å². The van der Waals surface area contributed by atoms with Crippen LogP contribution in [0.4, 0.5) is 22.7 Å². The van der Waals surface area contributed by atoms with Crippen molar-refractivity contribution in [2.24, 2.45) is 0 Å². The van der Waals surface area contributed by atoms with E-state index in [2.05, 4.69) is 320 Å². The van der Waals surface area contributed by atoms with Crippen molar-refractivity contribution in [2.75, 3.05) is 9.80 Å². The van der Waals surface area contributed by atoms with E-state index in [1.807, 2.05) is 12.3 Å². The summed E-state index contributed by atoms with van der Waals surface area (Å²) in [4.78, 5) is 9.91. The second-order valence-electron chi connectivity index (χ2n) is 25.7. The molecule has 7 heteroatoms. The van der Waals surface area contributed by atoms with Crippen LogP contribution in [0.2, 0.25) is 0 Å². The summed E-state index contributed by atoms with van der Waals surface area (Å²) in [5.74, 6) is 2.03. The minimum atomic E-state index is -2.88. The molecule has 14 rings (SSSR count). The Morgan fingerprint density at radius 2 is 0.976 bits per heavy atom. The molecule has 0 saturated heterocycles. The third kappa shape index (κ3) is 9.55. The molecule has 0 saturated carbocycles. The van der Waals surface area contributed by atoms with Crippen molar-refractivity contribution in [3.63, 3.8) is 0 Å². The molecule has 0 aliphatic carbocycles. The number of rotatable bonds is 9. The largest absolute Gasteiger partial charge is 0.509 e. The Hall–Kier alpha value is -8.54. The third-order valence-electron chi connectivity index (χ3n) is 17.3. The number of benzene rings is 10. The first-order chi connectivity index (χ1) is 40.5. The fourth-order valence-electron chi connectivity index (χ4n) is 12.9. The molecule has 12 aromatic rings. The molecule has 0 amide bonds. The molecule has 0 atom stereocenters. The molecule has 4 heterocycles. The molecule has 0 radical (unpaired) electrons. The monoisotopic (exact) mass is 1300 g/mol. The Labute approximate surface area is 516 Å². The number of ether oxygens (including phenoxy) is 1. The predicted octanol–water partition coefficient (Wildman–Crippen LogP) is 17.6. The van der Waals surface area contributed by atoms with Gasteiger partial charge in [-0.3, -0.25) is 0 Å². The maximum Gasteiger partial charge on any atom is 0.181 e. The van der Waals surface area contributed by atoms with Crippen LogP contribution in [0.25, 0.3) is 61.0 Å². The smallest absolute Gasteiger partial charge is 0.181 e. The fraction of sp³-hybridized carbons (Fsp3) is 0.154. The van der Waals surface area contributed by atoms with Crippen LogP contribution < -0.4 is 35.3 Å². The molecule has 5 nitrogen and oxygen atoms in total.